The summed E-state index contributed by atoms with van der Waals surface area (Å²) in [6.07, 6.45) is 0. The van der Waals surface area contributed by atoms with E-state index < -0.39 is 5.97 Å². The molecule has 4 aromatic carbocycles. The van der Waals surface area contributed by atoms with Gasteiger partial charge in [-0.05, 0) is 48.5 Å². The minimum Gasteiger partial charge on any atom is -0.508 e. The van der Waals surface area contributed by atoms with Crippen LogP contribution in [0.4, 0.5) is 0 Å². The van der Waals surface area contributed by atoms with Crippen LogP contribution in [-0.4, -0.2) is 25.7 Å². The van der Waals surface area contributed by atoms with Crippen LogP contribution < -0.4 is 0 Å². The van der Waals surface area contributed by atoms with Crippen LogP contribution in [0.5, 0.6) is 5.75 Å². The van der Waals surface area contributed by atoms with E-state index >= 15 is 0 Å². The largest absolute Gasteiger partial charge is 0.508 e. The van der Waals surface area contributed by atoms with Gasteiger partial charge in [0.2, 0.25) is 0 Å². The molecule has 0 amide bonds. The maximum absolute atomic E-state index is 11.4. The number of nitrogens with zero attached hydrogens (tertiary/aromatic N) is 2. The summed E-state index contributed by atoms with van der Waals surface area (Å²) < 4.78 is 2.04. The highest BCUT2D eigenvalue weighted by atomic mass is 16.4. The number of carbonyl (C=O) groups is 1. The van der Waals surface area contributed by atoms with E-state index in [1.807, 2.05) is 77.4 Å². The molecule has 0 spiro atoms. The standard InChI is InChI=1S/C28H20N2O3/c31-24-17-13-21(14-18-24)27-29-25(19-7-3-1-4-8-19)26(20-9-5-2-6-10-20)30(27)23-15-11-22(12-16-23)28(32)33/h1-18,31H,(H,32,33). The summed E-state index contributed by atoms with van der Waals surface area (Å²) in [5.74, 6) is -0.107. The van der Waals surface area contributed by atoms with Crippen LogP contribution in [0.25, 0.3) is 39.6 Å². The van der Waals surface area contributed by atoms with Crippen molar-refractivity contribution < 1.29 is 15.0 Å². The van der Waals surface area contributed by atoms with Gasteiger partial charge < -0.3 is 10.2 Å². The highest BCUT2D eigenvalue weighted by Gasteiger charge is 2.22. The number of carboxylic acid groups (broad SMARTS) is 1. The number of phenols is 1. The molecule has 0 atom stereocenters. The molecule has 0 radical (unpaired) electrons. The van der Waals surface area contributed by atoms with Gasteiger partial charge in [-0.15, -0.1) is 0 Å². The van der Waals surface area contributed by atoms with Crippen LogP contribution in [0.3, 0.4) is 0 Å². The van der Waals surface area contributed by atoms with Gasteiger partial charge in [0, 0.05) is 22.4 Å². The van der Waals surface area contributed by atoms with Crippen molar-refractivity contribution >= 4 is 5.97 Å². The zero-order valence-electron chi connectivity index (χ0n) is 17.6. The zero-order chi connectivity index (χ0) is 22.8. The quantitative estimate of drug-likeness (QED) is 0.343. The Morgan fingerprint density at radius 3 is 1.82 bits per heavy atom. The summed E-state index contributed by atoms with van der Waals surface area (Å²) in [6, 6.07) is 33.6. The first-order valence-electron chi connectivity index (χ1n) is 10.5. The molecule has 0 bridgehead atoms. The van der Waals surface area contributed by atoms with Crippen LogP contribution >= 0.6 is 0 Å². The van der Waals surface area contributed by atoms with Crippen molar-refractivity contribution in [3.8, 4) is 45.3 Å². The van der Waals surface area contributed by atoms with E-state index in [1.165, 1.54) is 0 Å². The second kappa shape index (κ2) is 8.48. The predicted molar refractivity (Wildman–Crippen MR) is 128 cm³/mol. The summed E-state index contributed by atoms with van der Waals surface area (Å²) in [5, 5.41) is 19.2. The van der Waals surface area contributed by atoms with Crippen LogP contribution in [0.1, 0.15) is 10.4 Å². The highest BCUT2D eigenvalue weighted by Crippen LogP contribution is 2.38. The Morgan fingerprint density at radius 2 is 1.24 bits per heavy atom. The smallest absolute Gasteiger partial charge is 0.335 e. The third kappa shape index (κ3) is 3.88. The summed E-state index contributed by atoms with van der Waals surface area (Å²) in [6.45, 7) is 0. The molecule has 0 saturated carbocycles. The second-order valence-electron chi connectivity index (χ2n) is 7.60. The highest BCUT2D eigenvalue weighted by molar-refractivity contribution is 5.88. The van der Waals surface area contributed by atoms with Crippen molar-refractivity contribution in [3.05, 3.63) is 115 Å². The van der Waals surface area contributed by atoms with Crippen LogP contribution in [0.15, 0.2) is 109 Å². The maximum atomic E-state index is 11.4. The number of rotatable bonds is 5. The van der Waals surface area contributed by atoms with Crippen LogP contribution in [0.2, 0.25) is 0 Å². The molecule has 0 fully saturated rings. The topological polar surface area (TPSA) is 75.3 Å². The first-order valence-corrected chi connectivity index (χ1v) is 10.5. The molecule has 0 unspecified atom stereocenters. The van der Waals surface area contributed by atoms with E-state index in [9.17, 15) is 15.0 Å². The Bertz CT molecular complexity index is 1410. The predicted octanol–water partition coefficient (Wildman–Crippen LogP) is 6.28. The van der Waals surface area contributed by atoms with E-state index in [2.05, 4.69) is 0 Å². The Kier molecular flexibility index (Phi) is 5.21. The molecule has 5 nitrogen and oxygen atoms in total. The van der Waals surface area contributed by atoms with Gasteiger partial charge in [0.1, 0.15) is 11.6 Å². The maximum Gasteiger partial charge on any atom is 0.335 e. The molecule has 160 valence electrons. The fourth-order valence-electron chi connectivity index (χ4n) is 3.89. The number of phenolic OH excluding ortho intramolecular Hbond substituents is 1. The third-order valence-corrected chi connectivity index (χ3v) is 5.47. The van der Waals surface area contributed by atoms with Crippen molar-refractivity contribution in [2.24, 2.45) is 0 Å². The van der Waals surface area contributed by atoms with Gasteiger partial charge in [-0.25, -0.2) is 9.78 Å². The van der Waals surface area contributed by atoms with Crippen molar-refractivity contribution in [1.82, 2.24) is 9.55 Å². The molecule has 5 aromatic rings. The normalized spacial score (nSPS) is 10.8. The number of imidazole rings is 1. The number of hydrogen-bond donors (Lipinski definition) is 2. The summed E-state index contributed by atoms with van der Waals surface area (Å²) in [4.78, 5) is 16.5. The van der Waals surface area contributed by atoms with Gasteiger partial charge >= 0.3 is 5.97 Å². The van der Waals surface area contributed by atoms with Crippen molar-refractivity contribution in [3.63, 3.8) is 0 Å². The number of aromatic carboxylic acids is 1. The average molecular weight is 432 g/mol. The molecule has 5 heteroatoms. The summed E-state index contributed by atoms with van der Waals surface area (Å²) in [5.41, 5.74) is 5.49. The number of hydrogen-bond acceptors (Lipinski definition) is 3. The second-order valence-corrected chi connectivity index (χ2v) is 7.60. The monoisotopic (exact) mass is 432 g/mol. The fourth-order valence-corrected chi connectivity index (χ4v) is 3.89. The van der Waals surface area contributed by atoms with E-state index in [4.69, 9.17) is 4.98 Å². The Hall–Kier alpha value is -4.64. The van der Waals surface area contributed by atoms with Gasteiger partial charge in [-0.3, -0.25) is 4.57 Å². The molecule has 0 aliphatic carbocycles. The lowest BCUT2D eigenvalue weighted by atomic mass is 10.0. The van der Waals surface area contributed by atoms with Gasteiger partial charge in [-0.1, -0.05) is 60.7 Å². The molecule has 0 saturated heterocycles. The van der Waals surface area contributed by atoms with Crippen molar-refractivity contribution in [2.45, 2.75) is 0 Å². The number of aromatic hydroxyl groups is 1. The summed E-state index contributed by atoms with van der Waals surface area (Å²) in [7, 11) is 0. The van der Waals surface area contributed by atoms with Gasteiger partial charge in [-0.2, -0.15) is 0 Å². The first-order chi connectivity index (χ1) is 16.1. The molecule has 1 heterocycles. The van der Waals surface area contributed by atoms with Crippen molar-refractivity contribution in [2.75, 3.05) is 0 Å². The summed E-state index contributed by atoms with van der Waals surface area (Å²) >= 11 is 0. The molecule has 0 aliphatic heterocycles. The Balaban J connectivity index is 1.85. The minimum atomic E-state index is -0.973. The van der Waals surface area contributed by atoms with Gasteiger partial charge in [0.15, 0.2) is 0 Å². The number of carboxylic acids is 1. The lowest BCUT2D eigenvalue weighted by molar-refractivity contribution is 0.0697. The van der Waals surface area contributed by atoms with E-state index in [-0.39, 0.29) is 11.3 Å². The fraction of sp³-hybridized carbons (Fsp3) is 0. The molecule has 2 N–H and O–H groups in total. The third-order valence-electron chi connectivity index (χ3n) is 5.47. The molecule has 33 heavy (non-hydrogen) atoms. The number of benzene rings is 4. The SMILES string of the molecule is O=C(O)c1ccc(-n2c(-c3ccc(O)cc3)nc(-c3ccccc3)c2-c2ccccc2)cc1. The molecule has 1 aromatic heterocycles. The Labute approximate surface area is 190 Å². The van der Waals surface area contributed by atoms with Gasteiger partial charge in [0.05, 0.1) is 17.0 Å². The van der Waals surface area contributed by atoms with E-state index in [0.29, 0.717) is 5.82 Å². The average Bonchev–Trinajstić information content (AvgIpc) is 3.26. The van der Waals surface area contributed by atoms with E-state index in [0.717, 1.165) is 33.8 Å². The lowest BCUT2D eigenvalue weighted by Crippen LogP contribution is -2.02. The molecular weight excluding hydrogens is 412 g/mol. The van der Waals surface area contributed by atoms with Crippen molar-refractivity contribution in [1.29, 1.82) is 0 Å². The minimum absolute atomic E-state index is 0.175. The zero-order valence-corrected chi connectivity index (χ0v) is 17.6. The molecule has 5 rings (SSSR count). The van der Waals surface area contributed by atoms with E-state index in [1.54, 1.807) is 36.4 Å². The van der Waals surface area contributed by atoms with Crippen LogP contribution in [0, 0.1) is 0 Å². The van der Waals surface area contributed by atoms with Crippen LogP contribution in [-0.2, 0) is 0 Å². The first kappa shape index (κ1) is 20.3. The van der Waals surface area contributed by atoms with Gasteiger partial charge in [0.25, 0.3) is 0 Å². The Morgan fingerprint density at radius 1 is 0.667 bits per heavy atom. The molecular formula is C28H20N2O3. The molecule has 0 aliphatic rings. The lowest BCUT2D eigenvalue weighted by Gasteiger charge is -2.14. The number of aromatic nitrogens is 2.